The topological polar surface area (TPSA) is 53.5 Å². The van der Waals surface area contributed by atoms with Crippen molar-refractivity contribution in [3.05, 3.63) is 36.0 Å². The maximum Gasteiger partial charge on any atom is 0.227 e. The third-order valence-corrected chi connectivity index (χ3v) is 4.39. The summed E-state index contributed by atoms with van der Waals surface area (Å²) in [6.45, 7) is 8.75. The molecule has 2 heterocycles. The number of aromatic nitrogens is 2. The Kier molecular flexibility index (Phi) is 5.58. The van der Waals surface area contributed by atoms with E-state index in [0.717, 1.165) is 68.0 Å². The fourth-order valence-electron chi connectivity index (χ4n) is 3.08. The summed E-state index contributed by atoms with van der Waals surface area (Å²) < 4.78 is 5.49. The first kappa shape index (κ1) is 17.3. The Balaban J connectivity index is 1.69. The van der Waals surface area contributed by atoms with E-state index in [2.05, 4.69) is 44.1 Å². The zero-order chi connectivity index (χ0) is 17.6. The van der Waals surface area contributed by atoms with Crippen LogP contribution in [0.3, 0.4) is 0 Å². The number of piperazine rings is 1. The normalized spacial score (nSPS) is 14.5. The molecule has 0 bridgehead atoms. The minimum absolute atomic E-state index is 0.818. The molecule has 0 amide bonds. The van der Waals surface area contributed by atoms with Crippen molar-refractivity contribution in [2.24, 2.45) is 0 Å². The summed E-state index contributed by atoms with van der Waals surface area (Å²) in [6.07, 6.45) is 1.08. The maximum atomic E-state index is 5.49. The van der Waals surface area contributed by atoms with Gasteiger partial charge < -0.3 is 19.9 Å². The summed E-state index contributed by atoms with van der Waals surface area (Å²) >= 11 is 0. The van der Waals surface area contributed by atoms with Crippen molar-refractivity contribution in [2.75, 3.05) is 55.0 Å². The summed E-state index contributed by atoms with van der Waals surface area (Å²) in [5, 5.41) is 3.36. The summed E-state index contributed by atoms with van der Waals surface area (Å²) in [5.41, 5.74) is 2.15. The monoisotopic (exact) mass is 341 g/mol. The highest BCUT2D eigenvalue weighted by Crippen LogP contribution is 2.28. The number of aryl methyl sites for hydroxylation is 1. The van der Waals surface area contributed by atoms with Crippen LogP contribution in [0.25, 0.3) is 0 Å². The number of para-hydroxylation sites is 2. The third kappa shape index (κ3) is 4.13. The molecule has 1 aromatic heterocycles. The summed E-state index contributed by atoms with van der Waals surface area (Å²) in [5.74, 6) is 2.66. The highest BCUT2D eigenvalue weighted by atomic mass is 16.5. The van der Waals surface area contributed by atoms with Crippen LogP contribution in [0, 0.1) is 6.92 Å². The van der Waals surface area contributed by atoms with Crippen LogP contribution < -0.4 is 19.9 Å². The molecule has 1 saturated heterocycles. The Labute approximate surface area is 149 Å². The Morgan fingerprint density at radius 2 is 1.80 bits per heavy atom. The smallest absolute Gasteiger partial charge is 0.227 e. The molecular weight excluding hydrogens is 314 g/mol. The lowest BCUT2D eigenvalue weighted by Gasteiger charge is -2.36. The average Bonchev–Trinajstić information content (AvgIpc) is 2.66. The second-order valence-electron chi connectivity index (χ2n) is 6.27. The first-order chi connectivity index (χ1) is 12.2. The van der Waals surface area contributed by atoms with Crippen molar-refractivity contribution in [3.63, 3.8) is 0 Å². The van der Waals surface area contributed by atoms with E-state index in [9.17, 15) is 0 Å². The van der Waals surface area contributed by atoms with Gasteiger partial charge in [0.05, 0.1) is 12.8 Å². The van der Waals surface area contributed by atoms with Crippen LogP contribution in [0.1, 0.15) is 19.0 Å². The van der Waals surface area contributed by atoms with Gasteiger partial charge in [0, 0.05) is 44.5 Å². The lowest BCUT2D eigenvalue weighted by atomic mass is 10.2. The zero-order valence-corrected chi connectivity index (χ0v) is 15.3. The van der Waals surface area contributed by atoms with Gasteiger partial charge in [0.2, 0.25) is 5.95 Å². The molecule has 0 saturated carbocycles. The van der Waals surface area contributed by atoms with Gasteiger partial charge in [-0.1, -0.05) is 19.1 Å². The second-order valence-corrected chi connectivity index (χ2v) is 6.27. The van der Waals surface area contributed by atoms with E-state index >= 15 is 0 Å². The van der Waals surface area contributed by atoms with Gasteiger partial charge in [0.1, 0.15) is 11.6 Å². The molecule has 6 heteroatoms. The number of benzene rings is 1. The standard InChI is InChI=1S/C19H27N5O/c1-4-9-20-18-14-15(2)21-19(22-18)24-12-10-23(11-13-24)16-7-5-6-8-17(16)25-3/h5-8,14H,4,9-13H2,1-3H3,(H,20,21,22). The molecule has 25 heavy (non-hydrogen) atoms. The van der Waals surface area contributed by atoms with E-state index in [0.29, 0.717) is 0 Å². The lowest BCUT2D eigenvalue weighted by Crippen LogP contribution is -2.47. The maximum absolute atomic E-state index is 5.49. The van der Waals surface area contributed by atoms with Gasteiger partial charge in [0.15, 0.2) is 0 Å². The van der Waals surface area contributed by atoms with E-state index < -0.39 is 0 Å². The largest absolute Gasteiger partial charge is 0.495 e. The molecule has 1 aromatic carbocycles. The Morgan fingerprint density at radius 3 is 2.52 bits per heavy atom. The fraction of sp³-hybridized carbons (Fsp3) is 0.474. The molecule has 1 aliphatic rings. The minimum atomic E-state index is 0.818. The van der Waals surface area contributed by atoms with E-state index in [4.69, 9.17) is 4.74 Å². The number of ether oxygens (including phenoxy) is 1. The van der Waals surface area contributed by atoms with Crippen molar-refractivity contribution in [2.45, 2.75) is 20.3 Å². The van der Waals surface area contributed by atoms with Crippen molar-refractivity contribution in [3.8, 4) is 5.75 Å². The Morgan fingerprint density at radius 1 is 1.08 bits per heavy atom. The van der Waals surface area contributed by atoms with Crippen LogP contribution in [0.5, 0.6) is 5.75 Å². The van der Waals surface area contributed by atoms with Crippen LogP contribution in [0.4, 0.5) is 17.5 Å². The number of nitrogens with zero attached hydrogens (tertiary/aromatic N) is 4. The molecule has 1 aliphatic heterocycles. The number of nitrogens with one attached hydrogen (secondary N) is 1. The van der Waals surface area contributed by atoms with Crippen LogP contribution >= 0.6 is 0 Å². The van der Waals surface area contributed by atoms with E-state index in [1.165, 1.54) is 0 Å². The van der Waals surface area contributed by atoms with Crippen LogP contribution in [-0.2, 0) is 0 Å². The van der Waals surface area contributed by atoms with Crippen LogP contribution in [0.15, 0.2) is 30.3 Å². The number of methoxy groups -OCH3 is 1. The van der Waals surface area contributed by atoms with Gasteiger partial charge in [-0.15, -0.1) is 0 Å². The molecule has 3 rings (SSSR count). The minimum Gasteiger partial charge on any atom is -0.495 e. The van der Waals surface area contributed by atoms with Crippen molar-refractivity contribution >= 4 is 17.5 Å². The molecule has 2 aromatic rings. The summed E-state index contributed by atoms with van der Waals surface area (Å²) in [6, 6.07) is 10.2. The highest BCUT2D eigenvalue weighted by Gasteiger charge is 2.21. The second kappa shape index (κ2) is 8.05. The lowest BCUT2D eigenvalue weighted by molar-refractivity contribution is 0.413. The van der Waals surface area contributed by atoms with Gasteiger partial charge in [-0.25, -0.2) is 4.98 Å². The summed E-state index contributed by atoms with van der Waals surface area (Å²) in [7, 11) is 1.72. The van der Waals surface area contributed by atoms with Crippen molar-refractivity contribution < 1.29 is 4.74 Å². The first-order valence-electron chi connectivity index (χ1n) is 8.93. The van der Waals surface area contributed by atoms with E-state index in [1.807, 2.05) is 25.1 Å². The van der Waals surface area contributed by atoms with Crippen molar-refractivity contribution in [1.82, 2.24) is 9.97 Å². The molecule has 0 aliphatic carbocycles. The molecule has 1 N–H and O–H groups in total. The van der Waals surface area contributed by atoms with Gasteiger partial charge in [-0.05, 0) is 25.5 Å². The molecule has 0 unspecified atom stereocenters. The SMILES string of the molecule is CCCNc1cc(C)nc(N2CCN(c3ccccc3OC)CC2)n1. The number of hydrogen-bond donors (Lipinski definition) is 1. The molecule has 0 radical (unpaired) electrons. The molecule has 1 fully saturated rings. The molecule has 0 atom stereocenters. The predicted molar refractivity (Wildman–Crippen MR) is 103 cm³/mol. The quantitative estimate of drug-likeness (QED) is 0.872. The van der Waals surface area contributed by atoms with Gasteiger partial charge in [-0.3, -0.25) is 0 Å². The zero-order valence-electron chi connectivity index (χ0n) is 15.3. The summed E-state index contributed by atoms with van der Waals surface area (Å²) in [4.78, 5) is 13.9. The molecule has 6 nitrogen and oxygen atoms in total. The predicted octanol–water partition coefficient (Wildman–Crippen LogP) is 2.94. The van der Waals surface area contributed by atoms with Crippen molar-refractivity contribution in [1.29, 1.82) is 0 Å². The van der Waals surface area contributed by atoms with Gasteiger partial charge >= 0.3 is 0 Å². The van der Waals surface area contributed by atoms with E-state index in [1.54, 1.807) is 7.11 Å². The number of rotatable bonds is 6. The third-order valence-electron chi connectivity index (χ3n) is 4.39. The first-order valence-corrected chi connectivity index (χ1v) is 8.93. The Hall–Kier alpha value is -2.50. The van der Waals surface area contributed by atoms with Crippen LogP contribution in [-0.4, -0.2) is 49.8 Å². The van der Waals surface area contributed by atoms with E-state index in [-0.39, 0.29) is 0 Å². The number of hydrogen-bond acceptors (Lipinski definition) is 6. The van der Waals surface area contributed by atoms with Gasteiger partial charge in [-0.2, -0.15) is 4.98 Å². The average molecular weight is 341 g/mol. The molecule has 134 valence electrons. The van der Waals surface area contributed by atoms with Crippen LogP contribution in [0.2, 0.25) is 0 Å². The number of anilines is 3. The Bertz CT molecular complexity index is 698. The highest BCUT2D eigenvalue weighted by molar-refractivity contribution is 5.59. The fourth-order valence-corrected chi connectivity index (χ4v) is 3.08. The molecule has 0 spiro atoms. The van der Waals surface area contributed by atoms with Gasteiger partial charge in [0.25, 0.3) is 0 Å². The molecular formula is C19H27N5O.